The second-order valence-corrected chi connectivity index (χ2v) is 5.56. The first kappa shape index (κ1) is 17.2. The van der Waals surface area contributed by atoms with E-state index in [1.54, 1.807) is 31.1 Å². The fourth-order valence-corrected chi connectivity index (χ4v) is 1.78. The molecule has 0 saturated carbocycles. The molecule has 0 fully saturated rings. The maximum atomic E-state index is 12.0. The molecule has 0 aliphatic heterocycles. The van der Waals surface area contributed by atoms with Crippen LogP contribution in [0.25, 0.3) is 0 Å². The van der Waals surface area contributed by atoms with Gasteiger partial charge in [-0.1, -0.05) is 32.4 Å². The monoisotopic (exact) mass is 291 g/mol. The third-order valence-electron chi connectivity index (χ3n) is 3.64. The fourth-order valence-electron chi connectivity index (χ4n) is 1.78. The van der Waals surface area contributed by atoms with Gasteiger partial charge in [-0.2, -0.15) is 0 Å². The average molecular weight is 291 g/mol. The zero-order valence-electron chi connectivity index (χ0n) is 13.2. The van der Waals surface area contributed by atoms with E-state index in [1.807, 2.05) is 26.0 Å². The summed E-state index contributed by atoms with van der Waals surface area (Å²) in [7, 11) is 3.46. The summed E-state index contributed by atoms with van der Waals surface area (Å²) in [6.07, 6.45) is 1.22. The van der Waals surface area contributed by atoms with Gasteiger partial charge in [-0.25, -0.2) is 0 Å². The largest absolute Gasteiger partial charge is 0.349 e. The number of nitrogens with zero attached hydrogens (tertiary/aromatic N) is 1. The molecule has 2 amide bonds. The van der Waals surface area contributed by atoms with E-state index in [0.29, 0.717) is 12.1 Å². The molecule has 0 radical (unpaired) electrons. The van der Waals surface area contributed by atoms with Gasteiger partial charge in [0.25, 0.3) is 0 Å². The Kier molecular flexibility index (Phi) is 6.37. The number of nitrogens with two attached hydrogens (primary N) is 1. The Hall–Kier alpha value is -1.88. The van der Waals surface area contributed by atoms with Crippen molar-refractivity contribution in [2.24, 2.45) is 11.7 Å². The summed E-state index contributed by atoms with van der Waals surface area (Å²) >= 11 is 0. The van der Waals surface area contributed by atoms with Gasteiger partial charge in [-0.05, 0) is 23.6 Å². The van der Waals surface area contributed by atoms with E-state index >= 15 is 0 Å². The van der Waals surface area contributed by atoms with Crippen molar-refractivity contribution in [2.45, 2.75) is 32.7 Å². The smallest absolute Gasteiger partial charge is 0.241 e. The lowest BCUT2D eigenvalue weighted by molar-refractivity contribution is -0.128. The van der Waals surface area contributed by atoms with Gasteiger partial charge in [0.1, 0.15) is 0 Å². The van der Waals surface area contributed by atoms with Gasteiger partial charge in [0.2, 0.25) is 11.8 Å². The van der Waals surface area contributed by atoms with E-state index in [4.69, 9.17) is 5.73 Å². The van der Waals surface area contributed by atoms with Crippen molar-refractivity contribution in [1.82, 2.24) is 4.90 Å². The summed E-state index contributed by atoms with van der Waals surface area (Å²) in [6.45, 7) is 3.97. The third kappa shape index (κ3) is 5.19. The number of carbonyl (C=O) groups is 2. The lowest BCUT2D eigenvalue weighted by Crippen LogP contribution is -2.40. The van der Waals surface area contributed by atoms with Crippen LogP contribution in [0.4, 0.5) is 5.69 Å². The van der Waals surface area contributed by atoms with Gasteiger partial charge in [-0.3, -0.25) is 9.59 Å². The van der Waals surface area contributed by atoms with Gasteiger partial charge in [0.05, 0.1) is 12.5 Å². The highest BCUT2D eigenvalue weighted by atomic mass is 16.2. The van der Waals surface area contributed by atoms with Crippen molar-refractivity contribution < 1.29 is 9.59 Å². The predicted molar refractivity (Wildman–Crippen MR) is 84.9 cm³/mol. The highest BCUT2D eigenvalue weighted by Gasteiger charge is 2.19. The van der Waals surface area contributed by atoms with Gasteiger partial charge >= 0.3 is 0 Å². The molecular formula is C16H25N3O2. The van der Waals surface area contributed by atoms with E-state index in [9.17, 15) is 9.59 Å². The summed E-state index contributed by atoms with van der Waals surface area (Å²) in [6, 6.07) is 6.75. The van der Waals surface area contributed by atoms with Crippen LogP contribution in [0.1, 0.15) is 25.8 Å². The van der Waals surface area contributed by atoms with E-state index < -0.39 is 6.04 Å². The minimum Gasteiger partial charge on any atom is -0.349 e. The number of benzene rings is 1. The first-order chi connectivity index (χ1) is 9.85. The van der Waals surface area contributed by atoms with Crippen LogP contribution in [0.5, 0.6) is 0 Å². The molecule has 1 aromatic carbocycles. The standard InChI is InChI=1S/C16H25N3O2/c1-5-11(2)15(17)16(21)18-13-8-6-12(7-9-13)10-14(20)19(3)4/h6-9,11,15H,5,10,17H2,1-4H3,(H,18,21)/t11?,15-/m0/s1. The molecule has 5 heteroatoms. The highest BCUT2D eigenvalue weighted by molar-refractivity contribution is 5.94. The molecule has 0 aliphatic carbocycles. The van der Waals surface area contributed by atoms with E-state index in [0.717, 1.165) is 12.0 Å². The Morgan fingerprint density at radius 2 is 1.81 bits per heavy atom. The molecule has 0 saturated heterocycles. The number of amides is 2. The number of hydrogen-bond donors (Lipinski definition) is 2. The van der Waals surface area contributed by atoms with Gasteiger partial charge in [-0.15, -0.1) is 0 Å². The Balaban J connectivity index is 2.62. The number of nitrogens with one attached hydrogen (secondary N) is 1. The minimum absolute atomic E-state index is 0.0468. The van der Waals surface area contributed by atoms with E-state index in [-0.39, 0.29) is 17.7 Å². The SMILES string of the molecule is CCC(C)[C@H](N)C(=O)Nc1ccc(CC(=O)N(C)C)cc1. The predicted octanol–water partition coefficient (Wildman–Crippen LogP) is 1.63. The molecule has 3 N–H and O–H groups in total. The molecule has 116 valence electrons. The summed E-state index contributed by atoms with van der Waals surface area (Å²) in [5.41, 5.74) is 7.49. The maximum absolute atomic E-state index is 12.0. The van der Waals surface area contributed by atoms with Crippen molar-refractivity contribution in [3.8, 4) is 0 Å². The molecule has 1 aromatic rings. The average Bonchev–Trinajstić information content (AvgIpc) is 2.47. The Morgan fingerprint density at radius 1 is 1.24 bits per heavy atom. The normalized spacial score (nSPS) is 13.4. The quantitative estimate of drug-likeness (QED) is 0.836. The van der Waals surface area contributed by atoms with Crippen LogP contribution in [-0.4, -0.2) is 36.9 Å². The first-order valence-electron chi connectivity index (χ1n) is 7.20. The second-order valence-electron chi connectivity index (χ2n) is 5.56. The zero-order valence-corrected chi connectivity index (χ0v) is 13.2. The number of likely N-dealkylation sites (N-methyl/N-ethyl adjacent to an activating group) is 1. The molecular weight excluding hydrogens is 266 g/mol. The summed E-state index contributed by atoms with van der Waals surface area (Å²) < 4.78 is 0. The molecule has 1 unspecified atom stereocenters. The van der Waals surface area contributed by atoms with Gasteiger partial charge < -0.3 is 16.0 Å². The Morgan fingerprint density at radius 3 is 2.29 bits per heavy atom. The summed E-state index contributed by atoms with van der Waals surface area (Å²) in [5, 5.41) is 2.80. The summed E-state index contributed by atoms with van der Waals surface area (Å²) in [4.78, 5) is 25.1. The molecule has 1 rings (SSSR count). The number of carbonyl (C=O) groups excluding carboxylic acids is 2. The van der Waals surface area contributed by atoms with Crippen LogP contribution in [0.15, 0.2) is 24.3 Å². The molecule has 5 nitrogen and oxygen atoms in total. The molecule has 0 aromatic heterocycles. The lowest BCUT2D eigenvalue weighted by Gasteiger charge is -2.17. The minimum atomic E-state index is -0.509. The Bertz CT molecular complexity index is 483. The molecule has 0 spiro atoms. The van der Waals surface area contributed by atoms with Crippen molar-refractivity contribution in [3.05, 3.63) is 29.8 Å². The first-order valence-corrected chi connectivity index (χ1v) is 7.20. The van der Waals surface area contributed by atoms with E-state index in [2.05, 4.69) is 5.32 Å². The maximum Gasteiger partial charge on any atom is 0.241 e. The molecule has 0 bridgehead atoms. The van der Waals surface area contributed by atoms with Crippen molar-refractivity contribution in [3.63, 3.8) is 0 Å². The van der Waals surface area contributed by atoms with Crippen LogP contribution in [0.2, 0.25) is 0 Å². The molecule has 0 aliphatic rings. The van der Waals surface area contributed by atoms with Crippen LogP contribution in [-0.2, 0) is 16.0 Å². The number of rotatable bonds is 6. The van der Waals surface area contributed by atoms with Crippen molar-refractivity contribution in [1.29, 1.82) is 0 Å². The van der Waals surface area contributed by atoms with Crippen molar-refractivity contribution >= 4 is 17.5 Å². The van der Waals surface area contributed by atoms with Crippen LogP contribution in [0, 0.1) is 5.92 Å². The molecule has 2 atom stereocenters. The lowest BCUT2D eigenvalue weighted by atomic mass is 9.99. The number of hydrogen-bond acceptors (Lipinski definition) is 3. The van der Waals surface area contributed by atoms with Gasteiger partial charge in [0, 0.05) is 19.8 Å². The van der Waals surface area contributed by atoms with E-state index in [1.165, 1.54) is 0 Å². The second kappa shape index (κ2) is 7.78. The van der Waals surface area contributed by atoms with Crippen molar-refractivity contribution in [2.75, 3.05) is 19.4 Å². The molecule has 21 heavy (non-hydrogen) atoms. The Labute approximate surface area is 126 Å². The van der Waals surface area contributed by atoms with Crippen LogP contribution in [0.3, 0.4) is 0 Å². The summed E-state index contributed by atoms with van der Waals surface area (Å²) in [5.74, 6) is 0.00836. The van der Waals surface area contributed by atoms with Crippen LogP contribution >= 0.6 is 0 Å². The fraction of sp³-hybridized carbons (Fsp3) is 0.500. The third-order valence-corrected chi connectivity index (χ3v) is 3.64. The van der Waals surface area contributed by atoms with Crippen LogP contribution < -0.4 is 11.1 Å². The zero-order chi connectivity index (χ0) is 16.0. The van der Waals surface area contributed by atoms with Gasteiger partial charge in [0.15, 0.2) is 0 Å². The molecule has 0 heterocycles. The number of anilines is 1. The topological polar surface area (TPSA) is 75.4 Å². The highest BCUT2D eigenvalue weighted by Crippen LogP contribution is 2.13.